The summed E-state index contributed by atoms with van der Waals surface area (Å²) in [6.07, 6.45) is 0. The van der Waals surface area contributed by atoms with Crippen molar-refractivity contribution in [3.8, 4) is 0 Å². The van der Waals surface area contributed by atoms with Crippen molar-refractivity contribution in [3.63, 3.8) is 0 Å². The van der Waals surface area contributed by atoms with Crippen molar-refractivity contribution in [2.24, 2.45) is 0 Å². The van der Waals surface area contributed by atoms with Gasteiger partial charge in [-0.25, -0.2) is 0 Å². The van der Waals surface area contributed by atoms with Crippen LogP contribution in [0.15, 0.2) is 24.3 Å². The Morgan fingerprint density at radius 3 is 1.76 bits per heavy atom. The number of hydrogen-bond acceptors (Lipinski definition) is 1. The molecule has 0 aliphatic rings. The van der Waals surface area contributed by atoms with Gasteiger partial charge >= 0.3 is 0 Å². The van der Waals surface area contributed by atoms with E-state index in [1.807, 2.05) is 0 Å². The fourth-order valence-electron chi connectivity index (χ4n) is 3.29. The maximum atomic E-state index is 3.52. The molecule has 0 radical (unpaired) electrons. The average Bonchev–Trinajstić information content (AvgIpc) is 2.47. The van der Waals surface area contributed by atoms with E-state index in [-0.39, 0.29) is 6.04 Å². The van der Waals surface area contributed by atoms with Crippen LogP contribution >= 0.6 is 0 Å². The highest BCUT2D eigenvalue weighted by Crippen LogP contribution is 2.33. The van der Waals surface area contributed by atoms with Crippen LogP contribution in [0.2, 0.25) is 0 Å². The molecule has 0 heterocycles. The van der Waals surface area contributed by atoms with Crippen molar-refractivity contribution >= 4 is 0 Å². The second kappa shape index (κ2) is 6.03. The van der Waals surface area contributed by atoms with E-state index in [2.05, 4.69) is 78.2 Å². The SMILES string of the molecule is CNC(c1cccc(C)c1)c1c(C)c(C)c(C)c(C)c1C. The van der Waals surface area contributed by atoms with Gasteiger partial charge in [-0.05, 0) is 87.5 Å². The van der Waals surface area contributed by atoms with E-state index in [0.717, 1.165) is 0 Å². The predicted molar refractivity (Wildman–Crippen MR) is 92.2 cm³/mol. The quantitative estimate of drug-likeness (QED) is 0.848. The van der Waals surface area contributed by atoms with Crippen LogP contribution in [-0.4, -0.2) is 7.05 Å². The van der Waals surface area contributed by atoms with E-state index in [1.165, 1.54) is 44.5 Å². The van der Waals surface area contributed by atoms with Gasteiger partial charge < -0.3 is 5.32 Å². The second-order valence-electron chi connectivity index (χ2n) is 6.17. The third-order valence-corrected chi connectivity index (χ3v) is 5.01. The number of nitrogens with one attached hydrogen (secondary N) is 1. The van der Waals surface area contributed by atoms with Gasteiger partial charge in [0.05, 0.1) is 6.04 Å². The van der Waals surface area contributed by atoms with Crippen LogP contribution in [-0.2, 0) is 0 Å². The van der Waals surface area contributed by atoms with E-state index in [9.17, 15) is 0 Å². The Labute approximate surface area is 129 Å². The molecule has 21 heavy (non-hydrogen) atoms. The molecule has 0 saturated heterocycles. The van der Waals surface area contributed by atoms with Crippen molar-refractivity contribution in [2.75, 3.05) is 7.05 Å². The Balaban J connectivity index is 2.69. The molecule has 0 aromatic heterocycles. The van der Waals surface area contributed by atoms with E-state index in [4.69, 9.17) is 0 Å². The van der Waals surface area contributed by atoms with Gasteiger partial charge in [-0.3, -0.25) is 0 Å². The third-order valence-electron chi connectivity index (χ3n) is 5.01. The van der Waals surface area contributed by atoms with Gasteiger partial charge in [0.2, 0.25) is 0 Å². The van der Waals surface area contributed by atoms with Crippen LogP contribution in [0.25, 0.3) is 0 Å². The molecular formula is C20H27N. The first-order valence-corrected chi connectivity index (χ1v) is 7.69. The fourth-order valence-corrected chi connectivity index (χ4v) is 3.29. The van der Waals surface area contributed by atoms with Crippen molar-refractivity contribution < 1.29 is 0 Å². The van der Waals surface area contributed by atoms with Crippen molar-refractivity contribution in [2.45, 2.75) is 47.6 Å². The molecule has 0 bridgehead atoms. The molecule has 1 N–H and O–H groups in total. The van der Waals surface area contributed by atoms with Gasteiger partial charge in [0, 0.05) is 0 Å². The Bertz CT molecular complexity index is 639. The smallest absolute Gasteiger partial charge is 0.0579 e. The van der Waals surface area contributed by atoms with E-state index in [0.29, 0.717) is 0 Å². The Morgan fingerprint density at radius 1 is 0.762 bits per heavy atom. The summed E-state index contributed by atoms with van der Waals surface area (Å²) in [6, 6.07) is 9.06. The van der Waals surface area contributed by atoms with Gasteiger partial charge in [0.25, 0.3) is 0 Å². The zero-order valence-corrected chi connectivity index (χ0v) is 14.4. The summed E-state index contributed by atoms with van der Waals surface area (Å²) in [6.45, 7) is 13.4. The molecule has 1 nitrogen and oxygen atoms in total. The number of hydrogen-bond donors (Lipinski definition) is 1. The summed E-state index contributed by atoms with van der Waals surface area (Å²) in [4.78, 5) is 0. The largest absolute Gasteiger partial charge is 0.309 e. The van der Waals surface area contributed by atoms with Crippen LogP contribution < -0.4 is 5.32 Å². The second-order valence-corrected chi connectivity index (χ2v) is 6.17. The molecular weight excluding hydrogens is 254 g/mol. The summed E-state index contributed by atoms with van der Waals surface area (Å²) in [5.41, 5.74) is 11.2. The van der Waals surface area contributed by atoms with Crippen LogP contribution in [0.5, 0.6) is 0 Å². The maximum absolute atomic E-state index is 3.52. The average molecular weight is 281 g/mol. The molecule has 1 heteroatoms. The molecule has 2 rings (SSSR count). The fraction of sp³-hybridized carbons (Fsp3) is 0.400. The monoisotopic (exact) mass is 281 g/mol. The number of aryl methyl sites for hydroxylation is 1. The Hall–Kier alpha value is -1.60. The summed E-state index contributed by atoms with van der Waals surface area (Å²) < 4.78 is 0. The minimum absolute atomic E-state index is 0.253. The topological polar surface area (TPSA) is 12.0 Å². The highest BCUT2D eigenvalue weighted by Gasteiger charge is 2.20. The van der Waals surface area contributed by atoms with Gasteiger partial charge in [0.15, 0.2) is 0 Å². The molecule has 1 atom stereocenters. The van der Waals surface area contributed by atoms with Crippen LogP contribution in [0.3, 0.4) is 0 Å². The van der Waals surface area contributed by atoms with Crippen molar-refractivity contribution in [1.29, 1.82) is 0 Å². The summed E-state index contributed by atoms with van der Waals surface area (Å²) in [7, 11) is 2.05. The van der Waals surface area contributed by atoms with E-state index in [1.54, 1.807) is 0 Å². The predicted octanol–water partition coefficient (Wildman–Crippen LogP) is 4.85. The molecule has 0 fully saturated rings. The van der Waals surface area contributed by atoms with Crippen LogP contribution in [0.4, 0.5) is 0 Å². The highest BCUT2D eigenvalue weighted by atomic mass is 14.9. The van der Waals surface area contributed by atoms with Crippen molar-refractivity contribution in [3.05, 3.63) is 68.8 Å². The lowest BCUT2D eigenvalue weighted by Gasteiger charge is -2.26. The maximum Gasteiger partial charge on any atom is 0.0579 e. The molecule has 0 spiro atoms. The Morgan fingerprint density at radius 2 is 1.29 bits per heavy atom. The normalized spacial score (nSPS) is 12.5. The van der Waals surface area contributed by atoms with E-state index < -0.39 is 0 Å². The van der Waals surface area contributed by atoms with E-state index >= 15 is 0 Å². The van der Waals surface area contributed by atoms with Gasteiger partial charge in [-0.15, -0.1) is 0 Å². The molecule has 2 aromatic carbocycles. The number of rotatable bonds is 3. The van der Waals surface area contributed by atoms with Crippen LogP contribution in [0.1, 0.15) is 50.5 Å². The minimum atomic E-state index is 0.253. The summed E-state index contributed by atoms with van der Waals surface area (Å²) in [5.74, 6) is 0. The lowest BCUT2D eigenvalue weighted by atomic mass is 9.84. The minimum Gasteiger partial charge on any atom is -0.309 e. The molecule has 2 aromatic rings. The van der Waals surface area contributed by atoms with Gasteiger partial charge in [-0.2, -0.15) is 0 Å². The first-order valence-electron chi connectivity index (χ1n) is 7.69. The Kier molecular flexibility index (Phi) is 4.53. The molecule has 1 unspecified atom stereocenters. The first kappa shape index (κ1) is 15.8. The lowest BCUT2D eigenvalue weighted by Crippen LogP contribution is -2.21. The summed E-state index contributed by atoms with van der Waals surface area (Å²) >= 11 is 0. The molecule has 0 aliphatic heterocycles. The molecule has 0 saturated carbocycles. The zero-order chi connectivity index (χ0) is 15.7. The lowest BCUT2D eigenvalue weighted by molar-refractivity contribution is 0.680. The molecule has 0 aliphatic carbocycles. The number of benzene rings is 2. The molecule has 112 valence electrons. The molecule has 0 amide bonds. The zero-order valence-electron chi connectivity index (χ0n) is 14.4. The standard InChI is InChI=1S/C20H27N/c1-12-9-8-10-18(11-12)20(21-7)19-16(5)14(3)13(2)15(4)17(19)6/h8-11,20-21H,1-7H3. The summed E-state index contributed by atoms with van der Waals surface area (Å²) in [5, 5.41) is 3.52. The van der Waals surface area contributed by atoms with Gasteiger partial charge in [0.1, 0.15) is 0 Å². The van der Waals surface area contributed by atoms with Crippen LogP contribution in [0, 0.1) is 41.5 Å². The highest BCUT2D eigenvalue weighted by molar-refractivity contribution is 5.53. The third kappa shape index (κ3) is 2.75. The first-order chi connectivity index (χ1) is 9.88. The van der Waals surface area contributed by atoms with Crippen molar-refractivity contribution in [1.82, 2.24) is 5.32 Å². The van der Waals surface area contributed by atoms with Gasteiger partial charge in [-0.1, -0.05) is 29.8 Å².